The van der Waals surface area contributed by atoms with Gasteiger partial charge < -0.3 is 19.5 Å². The molecule has 0 atom stereocenters. The first-order chi connectivity index (χ1) is 9.49. The smallest absolute Gasteiger partial charge is 0.354 e. The van der Waals surface area contributed by atoms with Crippen LogP contribution in [0.3, 0.4) is 0 Å². The van der Waals surface area contributed by atoms with Gasteiger partial charge in [-0.1, -0.05) is 0 Å². The predicted octanol–water partition coefficient (Wildman–Crippen LogP) is 2.02. The minimum atomic E-state index is -1.08. The quantitative estimate of drug-likeness (QED) is 0.921. The van der Waals surface area contributed by atoms with Crippen molar-refractivity contribution in [3.8, 4) is 11.5 Å². The van der Waals surface area contributed by atoms with Gasteiger partial charge in [-0.05, 0) is 18.2 Å². The van der Waals surface area contributed by atoms with Crippen LogP contribution in [-0.4, -0.2) is 44.4 Å². The molecule has 0 unspecified atom stereocenters. The number of hydrogen-bond donors (Lipinski definition) is 1. The van der Waals surface area contributed by atoms with Crippen molar-refractivity contribution in [3.05, 3.63) is 23.9 Å². The van der Waals surface area contributed by atoms with Crippen LogP contribution in [0.5, 0.6) is 11.5 Å². The third kappa shape index (κ3) is 2.20. The summed E-state index contributed by atoms with van der Waals surface area (Å²) in [7, 11) is 6.75. The standard InChI is InChI=1S/C14H16N2O4/c1-16(2)9-7-8(14(17)18)15-13-11(20-4)6-5-10(19-3)12(9)13/h5-7H,1-4H3,(H,17,18). The lowest BCUT2D eigenvalue weighted by Gasteiger charge is -2.19. The van der Waals surface area contributed by atoms with E-state index in [1.165, 1.54) is 13.2 Å². The van der Waals surface area contributed by atoms with Gasteiger partial charge in [0.25, 0.3) is 0 Å². The Kier molecular flexibility index (Phi) is 3.65. The molecule has 0 spiro atoms. The molecule has 0 aliphatic carbocycles. The molecule has 20 heavy (non-hydrogen) atoms. The number of rotatable bonds is 4. The molecule has 6 heteroatoms. The van der Waals surface area contributed by atoms with Crippen molar-refractivity contribution in [1.82, 2.24) is 4.98 Å². The molecule has 0 fully saturated rings. The maximum absolute atomic E-state index is 11.2. The van der Waals surface area contributed by atoms with E-state index in [-0.39, 0.29) is 5.69 Å². The molecule has 0 aliphatic heterocycles. The highest BCUT2D eigenvalue weighted by molar-refractivity contribution is 6.03. The molecule has 0 aliphatic rings. The van der Waals surface area contributed by atoms with E-state index in [2.05, 4.69) is 4.98 Å². The van der Waals surface area contributed by atoms with Crippen LogP contribution >= 0.6 is 0 Å². The SMILES string of the molecule is COc1ccc(OC)c2c(N(C)C)cc(C(=O)O)nc12. The van der Waals surface area contributed by atoms with Crippen molar-refractivity contribution in [3.63, 3.8) is 0 Å². The van der Waals surface area contributed by atoms with E-state index in [0.717, 1.165) is 5.39 Å². The molecule has 1 heterocycles. The Hall–Kier alpha value is -2.50. The fraction of sp³-hybridized carbons (Fsp3) is 0.286. The first-order valence-corrected chi connectivity index (χ1v) is 5.96. The summed E-state index contributed by atoms with van der Waals surface area (Å²) in [4.78, 5) is 17.2. The van der Waals surface area contributed by atoms with Crippen LogP contribution in [-0.2, 0) is 0 Å². The topological polar surface area (TPSA) is 71.9 Å². The van der Waals surface area contributed by atoms with Gasteiger partial charge in [0, 0.05) is 14.1 Å². The summed E-state index contributed by atoms with van der Waals surface area (Å²) in [6, 6.07) is 5.00. The van der Waals surface area contributed by atoms with E-state index in [1.54, 1.807) is 19.2 Å². The van der Waals surface area contributed by atoms with Crippen molar-refractivity contribution in [1.29, 1.82) is 0 Å². The van der Waals surface area contributed by atoms with Gasteiger partial charge in [-0.25, -0.2) is 9.78 Å². The number of carbonyl (C=O) groups is 1. The van der Waals surface area contributed by atoms with E-state index in [4.69, 9.17) is 9.47 Å². The van der Waals surface area contributed by atoms with E-state index in [0.29, 0.717) is 22.7 Å². The summed E-state index contributed by atoms with van der Waals surface area (Å²) < 4.78 is 10.6. The van der Waals surface area contributed by atoms with E-state index in [9.17, 15) is 9.90 Å². The van der Waals surface area contributed by atoms with Crippen LogP contribution in [0.4, 0.5) is 5.69 Å². The highest BCUT2D eigenvalue weighted by Gasteiger charge is 2.18. The maximum Gasteiger partial charge on any atom is 0.354 e. The van der Waals surface area contributed by atoms with Crippen LogP contribution < -0.4 is 14.4 Å². The molecule has 2 rings (SSSR count). The lowest BCUT2D eigenvalue weighted by atomic mass is 10.1. The van der Waals surface area contributed by atoms with E-state index in [1.807, 2.05) is 19.0 Å². The first-order valence-electron chi connectivity index (χ1n) is 5.96. The highest BCUT2D eigenvalue weighted by atomic mass is 16.5. The van der Waals surface area contributed by atoms with E-state index >= 15 is 0 Å². The minimum absolute atomic E-state index is 0.0345. The fourth-order valence-corrected chi connectivity index (χ4v) is 2.06. The van der Waals surface area contributed by atoms with Crippen molar-refractivity contribution in [2.45, 2.75) is 0 Å². The predicted molar refractivity (Wildman–Crippen MR) is 76.1 cm³/mol. The summed E-state index contributed by atoms with van der Waals surface area (Å²) in [5, 5.41) is 9.91. The van der Waals surface area contributed by atoms with Gasteiger partial charge in [0.15, 0.2) is 5.69 Å². The Bertz CT molecular complexity index is 668. The molecule has 1 N–H and O–H groups in total. The summed E-state index contributed by atoms with van der Waals surface area (Å²) >= 11 is 0. The number of fused-ring (bicyclic) bond motifs is 1. The molecular weight excluding hydrogens is 260 g/mol. The Labute approximate surface area is 116 Å². The number of ether oxygens (including phenoxy) is 2. The molecule has 0 radical (unpaired) electrons. The molecule has 1 aromatic heterocycles. The zero-order chi connectivity index (χ0) is 14.9. The second-order valence-electron chi connectivity index (χ2n) is 4.42. The largest absolute Gasteiger partial charge is 0.496 e. The van der Waals surface area contributed by atoms with Gasteiger partial charge in [0.05, 0.1) is 25.3 Å². The average molecular weight is 276 g/mol. The third-order valence-corrected chi connectivity index (χ3v) is 3.01. The average Bonchev–Trinajstić information content (AvgIpc) is 2.44. The fourth-order valence-electron chi connectivity index (χ4n) is 2.06. The molecule has 0 saturated carbocycles. The Morgan fingerprint density at radius 2 is 1.80 bits per heavy atom. The maximum atomic E-state index is 11.2. The summed E-state index contributed by atoms with van der Waals surface area (Å²) in [5.74, 6) is 0.0424. The summed E-state index contributed by atoms with van der Waals surface area (Å²) in [6.07, 6.45) is 0. The number of pyridine rings is 1. The first kappa shape index (κ1) is 13.9. The van der Waals surface area contributed by atoms with E-state index < -0.39 is 5.97 Å². The summed E-state index contributed by atoms with van der Waals surface area (Å²) in [6.45, 7) is 0. The van der Waals surface area contributed by atoms with Crippen molar-refractivity contribution >= 4 is 22.6 Å². The van der Waals surface area contributed by atoms with Crippen molar-refractivity contribution in [2.75, 3.05) is 33.2 Å². The number of carboxylic acid groups (broad SMARTS) is 1. The molecule has 1 aromatic carbocycles. The zero-order valence-electron chi connectivity index (χ0n) is 11.8. The van der Waals surface area contributed by atoms with Crippen molar-refractivity contribution < 1.29 is 19.4 Å². The molecule has 0 saturated heterocycles. The molecule has 0 amide bonds. The lowest BCUT2D eigenvalue weighted by Crippen LogP contribution is -2.12. The number of methoxy groups -OCH3 is 2. The molecular formula is C14H16N2O4. The monoisotopic (exact) mass is 276 g/mol. The van der Waals surface area contributed by atoms with Crippen LogP contribution in [0.1, 0.15) is 10.5 Å². The minimum Gasteiger partial charge on any atom is -0.496 e. The van der Waals surface area contributed by atoms with Crippen LogP contribution in [0.25, 0.3) is 10.9 Å². The summed E-state index contributed by atoms with van der Waals surface area (Å²) in [5.41, 5.74) is 1.14. The Morgan fingerprint density at radius 1 is 1.20 bits per heavy atom. The van der Waals surface area contributed by atoms with Crippen LogP contribution in [0, 0.1) is 0 Å². The number of nitrogens with zero attached hydrogens (tertiary/aromatic N) is 2. The lowest BCUT2D eigenvalue weighted by molar-refractivity contribution is 0.0691. The Balaban J connectivity index is 2.94. The number of aromatic carboxylic acids is 1. The number of aromatic nitrogens is 1. The van der Waals surface area contributed by atoms with Crippen molar-refractivity contribution in [2.24, 2.45) is 0 Å². The van der Waals surface area contributed by atoms with Gasteiger partial charge in [0.1, 0.15) is 17.0 Å². The van der Waals surface area contributed by atoms with Gasteiger partial charge in [-0.2, -0.15) is 0 Å². The molecule has 6 nitrogen and oxygen atoms in total. The zero-order valence-corrected chi connectivity index (χ0v) is 11.8. The Morgan fingerprint density at radius 3 is 2.30 bits per heavy atom. The second-order valence-corrected chi connectivity index (χ2v) is 4.42. The molecule has 106 valence electrons. The van der Waals surface area contributed by atoms with Gasteiger partial charge in [0.2, 0.25) is 0 Å². The van der Waals surface area contributed by atoms with Gasteiger partial charge in [-0.15, -0.1) is 0 Å². The van der Waals surface area contributed by atoms with Crippen LogP contribution in [0.2, 0.25) is 0 Å². The van der Waals surface area contributed by atoms with Crippen LogP contribution in [0.15, 0.2) is 18.2 Å². The van der Waals surface area contributed by atoms with Gasteiger partial charge >= 0.3 is 5.97 Å². The highest BCUT2D eigenvalue weighted by Crippen LogP contribution is 2.38. The number of anilines is 1. The number of benzene rings is 1. The second kappa shape index (κ2) is 5.24. The normalized spacial score (nSPS) is 10.4. The third-order valence-electron chi connectivity index (χ3n) is 3.01. The number of hydrogen-bond acceptors (Lipinski definition) is 5. The molecule has 0 bridgehead atoms. The molecule has 2 aromatic rings. The number of carboxylic acids is 1. The van der Waals surface area contributed by atoms with Gasteiger partial charge in [-0.3, -0.25) is 0 Å².